The Kier molecular flexibility index (Phi) is 5.88. The number of anilines is 2. The molecule has 2 aliphatic heterocycles. The Morgan fingerprint density at radius 2 is 1.65 bits per heavy atom. The molecule has 2 N–H and O–H groups in total. The number of likely N-dealkylation sites (tertiary alicyclic amines) is 1. The summed E-state index contributed by atoms with van der Waals surface area (Å²) in [6.07, 6.45) is 6.90. The van der Waals surface area contributed by atoms with Crippen molar-refractivity contribution >= 4 is 35.0 Å². The predicted octanol–water partition coefficient (Wildman–Crippen LogP) is 3.14. The molecule has 0 saturated carbocycles. The lowest BCUT2D eigenvalue weighted by Crippen LogP contribution is -2.59. The number of allylic oxidation sites excluding steroid dienone is 2. The molecular weight excluding hydrogens is 432 g/mol. The number of nitrogens with one attached hydrogen (secondary N) is 2. The molecule has 0 radical (unpaired) electrons. The minimum Gasteiger partial charge on any atom is -0.339 e. The van der Waals surface area contributed by atoms with E-state index in [9.17, 15) is 19.2 Å². The van der Waals surface area contributed by atoms with E-state index in [1.807, 2.05) is 12.2 Å². The van der Waals surface area contributed by atoms with Gasteiger partial charge in [0.05, 0.1) is 28.8 Å². The maximum Gasteiger partial charge on any atom is 0.255 e. The molecule has 4 amide bonds. The van der Waals surface area contributed by atoms with Crippen LogP contribution in [0.15, 0.2) is 60.7 Å². The molecule has 8 heteroatoms. The average Bonchev–Trinajstić information content (AvgIpc) is 3.41. The van der Waals surface area contributed by atoms with Gasteiger partial charge in [-0.1, -0.05) is 30.4 Å². The topological polar surface area (TPSA) is 98.8 Å². The molecular formula is C26H26N4O4. The van der Waals surface area contributed by atoms with Gasteiger partial charge in [0.1, 0.15) is 0 Å². The van der Waals surface area contributed by atoms with Crippen LogP contribution in [0.1, 0.15) is 46.4 Å². The van der Waals surface area contributed by atoms with Crippen LogP contribution in [0.3, 0.4) is 0 Å². The number of benzene rings is 2. The fraction of sp³-hybridized carbons (Fsp3) is 0.308. The molecule has 2 saturated heterocycles. The van der Waals surface area contributed by atoms with Gasteiger partial charge in [0.2, 0.25) is 11.8 Å². The SMILES string of the molecule is O=C(Nc1ccccc1C(=O)N1CCCC1)c1cccc(N2NC(=O)C3CC=CCC3C2=O)c1. The van der Waals surface area contributed by atoms with Crippen molar-refractivity contribution in [2.75, 3.05) is 23.4 Å². The number of carbonyl (C=O) groups excluding carboxylic acids is 4. The molecule has 5 rings (SSSR count). The van der Waals surface area contributed by atoms with Crippen LogP contribution in [0.25, 0.3) is 0 Å². The maximum absolute atomic E-state index is 13.1. The van der Waals surface area contributed by atoms with Gasteiger partial charge in [-0.3, -0.25) is 24.6 Å². The Labute approximate surface area is 197 Å². The quantitative estimate of drug-likeness (QED) is 0.688. The molecule has 0 spiro atoms. The van der Waals surface area contributed by atoms with E-state index in [4.69, 9.17) is 0 Å². The smallest absolute Gasteiger partial charge is 0.255 e. The first-order chi connectivity index (χ1) is 16.5. The number of fused-ring (bicyclic) bond motifs is 1. The van der Waals surface area contributed by atoms with Gasteiger partial charge >= 0.3 is 0 Å². The molecule has 2 aromatic rings. The Bertz CT molecular complexity index is 1180. The van der Waals surface area contributed by atoms with Crippen molar-refractivity contribution in [3.05, 3.63) is 71.8 Å². The average molecular weight is 459 g/mol. The van der Waals surface area contributed by atoms with Crippen molar-refractivity contribution < 1.29 is 19.2 Å². The van der Waals surface area contributed by atoms with E-state index in [0.717, 1.165) is 25.9 Å². The highest BCUT2D eigenvalue weighted by Gasteiger charge is 2.42. The molecule has 34 heavy (non-hydrogen) atoms. The van der Waals surface area contributed by atoms with Gasteiger partial charge in [0.15, 0.2) is 0 Å². The Hall–Kier alpha value is -3.94. The van der Waals surface area contributed by atoms with Crippen LogP contribution in [0, 0.1) is 11.8 Å². The molecule has 2 aromatic carbocycles. The minimum atomic E-state index is -0.405. The molecule has 0 aromatic heterocycles. The number of nitrogens with zero attached hydrogens (tertiary/aromatic N) is 2. The first-order valence-electron chi connectivity index (χ1n) is 11.6. The second-order valence-corrected chi connectivity index (χ2v) is 8.85. The minimum absolute atomic E-state index is 0.0973. The first-order valence-corrected chi connectivity index (χ1v) is 11.6. The van der Waals surface area contributed by atoms with Crippen molar-refractivity contribution in [3.8, 4) is 0 Å². The fourth-order valence-corrected chi connectivity index (χ4v) is 4.83. The number of para-hydroxylation sites is 1. The summed E-state index contributed by atoms with van der Waals surface area (Å²) in [7, 11) is 0. The summed E-state index contributed by atoms with van der Waals surface area (Å²) in [4.78, 5) is 53.4. The van der Waals surface area contributed by atoms with E-state index < -0.39 is 11.8 Å². The highest BCUT2D eigenvalue weighted by Crippen LogP contribution is 2.32. The van der Waals surface area contributed by atoms with Crippen LogP contribution in [-0.4, -0.2) is 41.6 Å². The molecule has 1 aliphatic carbocycles. The van der Waals surface area contributed by atoms with Crippen LogP contribution in [0.4, 0.5) is 11.4 Å². The Morgan fingerprint density at radius 1 is 0.912 bits per heavy atom. The molecule has 8 nitrogen and oxygen atoms in total. The van der Waals surface area contributed by atoms with Crippen molar-refractivity contribution in [2.24, 2.45) is 11.8 Å². The zero-order valence-corrected chi connectivity index (χ0v) is 18.7. The van der Waals surface area contributed by atoms with E-state index in [-0.39, 0.29) is 23.6 Å². The molecule has 3 aliphatic rings. The van der Waals surface area contributed by atoms with E-state index in [1.165, 1.54) is 5.01 Å². The zero-order chi connectivity index (χ0) is 23.7. The highest BCUT2D eigenvalue weighted by molar-refractivity contribution is 6.10. The number of rotatable bonds is 4. The number of hydrogen-bond acceptors (Lipinski definition) is 4. The van der Waals surface area contributed by atoms with Crippen molar-refractivity contribution in [2.45, 2.75) is 25.7 Å². The third-order valence-electron chi connectivity index (χ3n) is 6.69. The van der Waals surface area contributed by atoms with Gasteiger partial charge in [-0.2, -0.15) is 0 Å². The van der Waals surface area contributed by atoms with Gasteiger partial charge in [-0.05, 0) is 56.0 Å². The van der Waals surface area contributed by atoms with Crippen LogP contribution < -0.4 is 15.8 Å². The van der Waals surface area contributed by atoms with Crippen LogP contribution >= 0.6 is 0 Å². The lowest BCUT2D eigenvalue weighted by atomic mass is 9.80. The van der Waals surface area contributed by atoms with Gasteiger partial charge in [0.25, 0.3) is 11.8 Å². The van der Waals surface area contributed by atoms with E-state index in [1.54, 1.807) is 53.4 Å². The van der Waals surface area contributed by atoms with E-state index >= 15 is 0 Å². The Morgan fingerprint density at radius 3 is 2.44 bits per heavy atom. The van der Waals surface area contributed by atoms with Gasteiger partial charge in [0, 0.05) is 18.7 Å². The van der Waals surface area contributed by atoms with Crippen LogP contribution in [-0.2, 0) is 9.59 Å². The first kappa shape index (κ1) is 21.9. The molecule has 2 atom stereocenters. The number of carbonyl (C=O) groups is 4. The summed E-state index contributed by atoms with van der Waals surface area (Å²) in [6, 6.07) is 13.5. The summed E-state index contributed by atoms with van der Waals surface area (Å²) >= 11 is 0. The molecule has 2 heterocycles. The third kappa shape index (κ3) is 4.07. The number of hydrazine groups is 1. The summed E-state index contributed by atoms with van der Waals surface area (Å²) in [6.45, 7) is 1.44. The summed E-state index contributed by atoms with van der Waals surface area (Å²) in [5.74, 6) is -1.64. The van der Waals surface area contributed by atoms with Gasteiger partial charge < -0.3 is 10.2 Å². The van der Waals surface area contributed by atoms with Gasteiger partial charge in [-0.25, -0.2) is 5.01 Å². The largest absolute Gasteiger partial charge is 0.339 e. The van der Waals surface area contributed by atoms with Crippen LogP contribution in [0.2, 0.25) is 0 Å². The Balaban J connectivity index is 1.36. The number of hydrogen-bond donors (Lipinski definition) is 2. The van der Waals surface area contributed by atoms with Crippen molar-refractivity contribution in [1.82, 2.24) is 10.3 Å². The summed E-state index contributed by atoms with van der Waals surface area (Å²) in [5, 5.41) is 4.08. The second-order valence-electron chi connectivity index (χ2n) is 8.85. The van der Waals surface area contributed by atoms with E-state index in [0.29, 0.717) is 35.3 Å². The molecule has 0 bridgehead atoms. The van der Waals surface area contributed by atoms with Gasteiger partial charge in [-0.15, -0.1) is 0 Å². The van der Waals surface area contributed by atoms with Crippen molar-refractivity contribution in [1.29, 1.82) is 0 Å². The van der Waals surface area contributed by atoms with E-state index in [2.05, 4.69) is 10.7 Å². The second kappa shape index (κ2) is 9.13. The lowest BCUT2D eigenvalue weighted by Gasteiger charge is -2.38. The predicted molar refractivity (Wildman–Crippen MR) is 127 cm³/mol. The number of amides is 4. The standard InChI is InChI=1S/C26H26N4O4/c31-23(27-22-13-4-3-12-21(22)25(33)29-14-5-6-15-29)17-8-7-9-18(16-17)30-26(34)20-11-2-1-10-19(20)24(32)28-30/h1-4,7-9,12-13,16,19-20H,5-6,10-11,14-15H2,(H,27,31)(H,28,32). The zero-order valence-electron chi connectivity index (χ0n) is 18.7. The summed E-state index contributed by atoms with van der Waals surface area (Å²) in [5.41, 5.74) is 4.30. The monoisotopic (exact) mass is 458 g/mol. The van der Waals surface area contributed by atoms with Crippen molar-refractivity contribution in [3.63, 3.8) is 0 Å². The highest BCUT2D eigenvalue weighted by atomic mass is 16.2. The molecule has 174 valence electrons. The third-order valence-corrected chi connectivity index (χ3v) is 6.69. The normalized spacial score (nSPS) is 21.8. The molecule has 2 unspecified atom stereocenters. The van der Waals surface area contributed by atoms with Crippen LogP contribution in [0.5, 0.6) is 0 Å². The molecule has 2 fully saturated rings. The summed E-state index contributed by atoms with van der Waals surface area (Å²) < 4.78 is 0. The lowest BCUT2D eigenvalue weighted by molar-refractivity contribution is -0.139. The fourth-order valence-electron chi connectivity index (χ4n) is 4.83. The maximum atomic E-state index is 13.1.